The maximum absolute atomic E-state index is 5.34. The first kappa shape index (κ1) is 8.49. The molecule has 0 spiro atoms. The zero-order valence-electron chi connectivity index (χ0n) is 6.45. The average Bonchev–Trinajstić information content (AvgIpc) is 2.01. The van der Waals surface area contributed by atoms with Gasteiger partial charge < -0.3 is 5.73 Å². The van der Waals surface area contributed by atoms with Gasteiger partial charge in [-0.1, -0.05) is 11.8 Å². The van der Waals surface area contributed by atoms with Gasteiger partial charge in [-0.3, -0.25) is 0 Å². The molecule has 0 saturated heterocycles. The summed E-state index contributed by atoms with van der Waals surface area (Å²) in [4.78, 5) is 8.28. The molecule has 0 bridgehead atoms. The molecule has 1 aromatic rings. The van der Waals surface area contributed by atoms with Crippen LogP contribution in [-0.2, 0) is 0 Å². The normalized spacial score (nSPS) is 10.0. The second kappa shape index (κ2) is 4.31. The molecule has 1 rings (SSSR count). The van der Waals surface area contributed by atoms with E-state index in [-0.39, 0.29) is 0 Å². The van der Waals surface area contributed by atoms with Crippen molar-refractivity contribution in [1.29, 1.82) is 0 Å². The number of rotatable bonds is 3. The van der Waals surface area contributed by atoms with E-state index in [1.165, 1.54) is 0 Å². The zero-order valence-corrected chi connectivity index (χ0v) is 7.27. The van der Waals surface area contributed by atoms with Crippen molar-refractivity contribution in [2.75, 3.05) is 12.3 Å². The number of aromatic nitrogens is 2. The van der Waals surface area contributed by atoms with Gasteiger partial charge in [-0.2, -0.15) is 0 Å². The number of nitrogens with zero attached hydrogens (tertiary/aromatic N) is 2. The molecule has 11 heavy (non-hydrogen) atoms. The molecule has 0 aliphatic carbocycles. The number of hydrogen-bond donors (Lipinski definition) is 1. The van der Waals surface area contributed by atoms with Gasteiger partial charge >= 0.3 is 0 Å². The van der Waals surface area contributed by atoms with E-state index < -0.39 is 0 Å². The first-order chi connectivity index (χ1) is 5.33. The first-order valence-corrected chi connectivity index (χ1v) is 4.44. The molecule has 2 N–H and O–H groups in total. The molecule has 4 heteroatoms. The molecule has 3 nitrogen and oxygen atoms in total. The minimum absolute atomic E-state index is 0.669. The van der Waals surface area contributed by atoms with Gasteiger partial charge in [0, 0.05) is 24.2 Å². The van der Waals surface area contributed by atoms with Crippen LogP contribution in [0.3, 0.4) is 0 Å². The molecule has 60 valence electrons. The molecule has 0 saturated carbocycles. The lowest BCUT2D eigenvalue weighted by molar-refractivity contribution is 0.930. The van der Waals surface area contributed by atoms with Crippen LogP contribution in [0.5, 0.6) is 0 Å². The van der Waals surface area contributed by atoms with E-state index in [0.29, 0.717) is 6.54 Å². The van der Waals surface area contributed by atoms with E-state index in [2.05, 4.69) is 9.97 Å². The lowest BCUT2D eigenvalue weighted by atomic mass is 10.5. The van der Waals surface area contributed by atoms with Crippen molar-refractivity contribution < 1.29 is 0 Å². The van der Waals surface area contributed by atoms with Crippen LogP contribution >= 0.6 is 11.8 Å². The second-order valence-electron chi connectivity index (χ2n) is 2.12. The highest BCUT2D eigenvalue weighted by Crippen LogP contribution is 2.10. The Morgan fingerprint density at radius 1 is 1.64 bits per heavy atom. The topological polar surface area (TPSA) is 51.8 Å². The third kappa shape index (κ3) is 2.86. The molecule has 0 aromatic carbocycles. The van der Waals surface area contributed by atoms with Crippen LogP contribution in [-0.4, -0.2) is 22.3 Å². The molecule has 0 aliphatic heterocycles. The highest BCUT2D eigenvalue weighted by Gasteiger charge is 1.94. The Kier molecular flexibility index (Phi) is 3.32. The largest absolute Gasteiger partial charge is 0.330 e. The third-order valence-electron chi connectivity index (χ3n) is 1.12. The maximum Gasteiger partial charge on any atom is 0.187 e. The van der Waals surface area contributed by atoms with Crippen LogP contribution in [0.25, 0.3) is 0 Å². The van der Waals surface area contributed by atoms with Crippen molar-refractivity contribution in [3.63, 3.8) is 0 Å². The third-order valence-corrected chi connectivity index (χ3v) is 2.02. The van der Waals surface area contributed by atoms with Gasteiger partial charge in [0.05, 0.1) is 0 Å². The summed E-state index contributed by atoms with van der Waals surface area (Å²) in [5.74, 6) is 0.878. The van der Waals surface area contributed by atoms with Crippen LogP contribution in [0, 0.1) is 6.92 Å². The molecular formula is C7H11N3S. The second-order valence-corrected chi connectivity index (χ2v) is 3.18. The van der Waals surface area contributed by atoms with Gasteiger partial charge in [0.1, 0.15) is 0 Å². The molecule has 1 aromatic heterocycles. The Morgan fingerprint density at radius 2 is 2.45 bits per heavy atom. The predicted molar refractivity (Wildman–Crippen MR) is 46.5 cm³/mol. The fourth-order valence-corrected chi connectivity index (χ4v) is 1.29. The Balaban J connectivity index is 2.56. The number of nitrogens with two attached hydrogens (primary N) is 1. The van der Waals surface area contributed by atoms with Gasteiger partial charge in [-0.25, -0.2) is 9.97 Å². The molecule has 0 unspecified atom stereocenters. The van der Waals surface area contributed by atoms with E-state index in [1.807, 2.05) is 13.0 Å². The molecule has 0 radical (unpaired) electrons. The van der Waals surface area contributed by atoms with Crippen molar-refractivity contribution in [3.05, 3.63) is 18.0 Å². The smallest absolute Gasteiger partial charge is 0.187 e. The van der Waals surface area contributed by atoms with E-state index >= 15 is 0 Å². The molecule has 0 atom stereocenters. The van der Waals surface area contributed by atoms with E-state index in [1.54, 1.807) is 18.0 Å². The maximum atomic E-state index is 5.34. The van der Waals surface area contributed by atoms with Crippen molar-refractivity contribution in [1.82, 2.24) is 9.97 Å². The van der Waals surface area contributed by atoms with Crippen LogP contribution < -0.4 is 5.73 Å². The van der Waals surface area contributed by atoms with Gasteiger partial charge in [0.15, 0.2) is 5.16 Å². The van der Waals surface area contributed by atoms with Gasteiger partial charge in [-0.05, 0) is 13.0 Å². The van der Waals surface area contributed by atoms with Crippen molar-refractivity contribution in [2.45, 2.75) is 12.1 Å². The SMILES string of the molecule is Cc1ccnc(SCCN)n1. The number of aryl methyl sites for hydroxylation is 1. The van der Waals surface area contributed by atoms with E-state index in [4.69, 9.17) is 5.73 Å². The summed E-state index contributed by atoms with van der Waals surface area (Å²) in [7, 11) is 0. The summed E-state index contributed by atoms with van der Waals surface area (Å²) >= 11 is 1.59. The van der Waals surface area contributed by atoms with E-state index in [9.17, 15) is 0 Å². The van der Waals surface area contributed by atoms with Gasteiger partial charge in [-0.15, -0.1) is 0 Å². The van der Waals surface area contributed by atoms with Crippen LogP contribution in [0.1, 0.15) is 5.69 Å². The average molecular weight is 169 g/mol. The summed E-state index contributed by atoms with van der Waals surface area (Å²) in [5.41, 5.74) is 6.34. The number of hydrogen-bond acceptors (Lipinski definition) is 4. The first-order valence-electron chi connectivity index (χ1n) is 3.45. The monoisotopic (exact) mass is 169 g/mol. The van der Waals surface area contributed by atoms with Crippen LogP contribution in [0.15, 0.2) is 17.4 Å². The fraction of sp³-hybridized carbons (Fsp3) is 0.429. The molecule has 0 aliphatic rings. The molecule has 0 amide bonds. The highest BCUT2D eigenvalue weighted by atomic mass is 32.2. The summed E-state index contributed by atoms with van der Waals surface area (Å²) in [6.07, 6.45) is 1.77. The van der Waals surface area contributed by atoms with Crippen LogP contribution in [0.2, 0.25) is 0 Å². The lowest BCUT2D eigenvalue weighted by Gasteiger charge is -1.97. The highest BCUT2D eigenvalue weighted by molar-refractivity contribution is 7.99. The number of thioether (sulfide) groups is 1. The summed E-state index contributed by atoms with van der Waals surface area (Å²) in [6.45, 7) is 2.62. The Labute approximate surface area is 70.4 Å². The minimum Gasteiger partial charge on any atom is -0.330 e. The van der Waals surface area contributed by atoms with Crippen molar-refractivity contribution >= 4 is 11.8 Å². The van der Waals surface area contributed by atoms with Crippen molar-refractivity contribution in [3.8, 4) is 0 Å². The molecule has 1 heterocycles. The molecular weight excluding hydrogens is 158 g/mol. The standard InChI is InChI=1S/C7H11N3S/c1-6-2-4-9-7(10-6)11-5-3-8/h2,4H,3,5,8H2,1H3. The Morgan fingerprint density at radius 3 is 3.09 bits per heavy atom. The van der Waals surface area contributed by atoms with Gasteiger partial charge in [0.2, 0.25) is 0 Å². The van der Waals surface area contributed by atoms with Crippen LogP contribution in [0.4, 0.5) is 0 Å². The fourth-order valence-electron chi connectivity index (χ4n) is 0.646. The summed E-state index contributed by atoms with van der Waals surface area (Å²) < 4.78 is 0. The van der Waals surface area contributed by atoms with Crippen molar-refractivity contribution in [2.24, 2.45) is 5.73 Å². The lowest BCUT2D eigenvalue weighted by Crippen LogP contribution is -2.02. The summed E-state index contributed by atoms with van der Waals surface area (Å²) in [6, 6.07) is 1.88. The Hall–Kier alpha value is -0.610. The Bertz CT molecular complexity index is 227. The minimum atomic E-state index is 0.669. The molecule has 0 fully saturated rings. The quantitative estimate of drug-likeness (QED) is 0.538. The van der Waals surface area contributed by atoms with Gasteiger partial charge in [0.25, 0.3) is 0 Å². The van der Waals surface area contributed by atoms with E-state index in [0.717, 1.165) is 16.6 Å². The predicted octanol–water partition coefficient (Wildman–Crippen LogP) is 0.836. The zero-order chi connectivity index (χ0) is 8.10. The summed E-state index contributed by atoms with van der Waals surface area (Å²) in [5, 5.41) is 0.815.